The molecule has 0 fully saturated rings. The minimum absolute atomic E-state index is 0.716. The van der Waals surface area contributed by atoms with Crippen LogP contribution in [-0.4, -0.2) is 24.2 Å². The number of aromatic nitrogens is 2. The number of hydrogen-bond donors (Lipinski definition) is 0. The average molecular weight is 240 g/mol. The van der Waals surface area contributed by atoms with Gasteiger partial charge in [-0.15, -0.1) is 0 Å². The summed E-state index contributed by atoms with van der Waals surface area (Å²) < 4.78 is 10.6. The first kappa shape index (κ1) is 10.8. The van der Waals surface area contributed by atoms with Crippen LogP contribution in [-0.2, 0) is 0 Å². The number of methoxy groups -OCH3 is 2. The quantitative estimate of drug-likeness (QED) is 0.646. The molecule has 90 valence electrons. The zero-order valence-electron chi connectivity index (χ0n) is 10.2. The molecule has 0 N–H and O–H groups in total. The average Bonchev–Trinajstić information content (AvgIpc) is 2.43. The Balaban J connectivity index is 2.44. The summed E-state index contributed by atoms with van der Waals surface area (Å²) in [5.74, 6) is 1.43. The van der Waals surface area contributed by atoms with E-state index < -0.39 is 0 Å². The summed E-state index contributed by atoms with van der Waals surface area (Å²) in [5, 5.41) is 0. The first-order valence-electron chi connectivity index (χ1n) is 5.61. The SMILES string of the molecule is COc1cccc2nc3cccc(OC)c3nc12. The zero-order chi connectivity index (χ0) is 12.5. The fourth-order valence-electron chi connectivity index (χ4n) is 2.00. The van der Waals surface area contributed by atoms with E-state index in [0.717, 1.165) is 22.1 Å². The monoisotopic (exact) mass is 240 g/mol. The van der Waals surface area contributed by atoms with Crippen LogP contribution in [0.4, 0.5) is 0 Å². The van der Waals surface area contributed by atoms with E-state index in [-0.39, 0.29) is 0 Å². The van der Waals surface area contributed by atoms with Crippen molar-refractivity contribution in [2.75, 3.05) is 14.2 Å². The van der Waals surface area contributed by atoms with E-state index in [1.807, 2.05) is 36.4 Å². The van der Waals surface area contributed by atoms with Crippen molar-refractivity contribution in [3.05, 3.63) is 36.4 Å². The number of fused-ring (bicyclic) bond motifs is 2. The Morgan fingerprint density at radius 1 is 0.722 bits per heavy atom. The molecular weight excluding hydrogens is 228 g/mol. The summed E-state index contributed by atoms with van der Waals surface area (Å²) in [5.41, 5.74) is 3.12. The van der Waals surface area contributed by atoms with Crippen molar-refractivity contribution in [3.8, 4) is 11.5 Å². The molecule has 3 aromatic rings. The molecule has 3 rings (SSSR count). The second kappa shape index (κ2) is 4.14. The van der Waals surface area contributed by atoms with Gasteiger partial charge < -0.3 is 9.47 Å². The van der Waals surface area contributed by atoms with Crippen LogP contribution in [0.15, 0.2) is 36.4 Å². The van der Waals surface area contributed by atoms with Gasteiger partial charge in [0, 0.05) is 0 Å². The lowest BCUT2D eigenvalue weighted by molar-refractivity contribution is 0.417. The lowest BCUT2D eigenvalue weighted by Gasteiger charge is -2.07. The number of hydrogen-bond acceptors (Lipinski definition) is 4. The molecule has 0 amide bonds. The van der Waals surface area contributed by atoms with Gasteiger partial charge in [-0.3, -0.25) is 0 Å². The van der Waals surface area contributed by atoms with E-state index in [1.165, 1.54) is 0 Å². The Bertz CT molecular complexity index is 666. The van der Waals surface area contributed by atoms with Gasteiger partial charge in [0.2, 0.25) is 0 Å². The fraction of sp³-hybridized carbons (Fsp3) is 0.143. The maximum Gasteiger partial charge on any atom is 0.146 e. The molecule has 0 bridgehead atoms. The molecule has 0 atom stereocenters. The molecule has 1 heterocycles. The van der Waals surface area contributed by atoms with E-state index in [0.29, 0.717) is 11.5 Å². The van der Waals surface area contributed by atoms with Crippen LogP contribution in [0.25, 0.3) is 22.1 Å². The normalized spacial score (nSPS) is 10.8. The molecular formula is C14H12N2O2. The van der Waals surface area contributed by atoms with Gasteiger partial charge in [-0.2, -0.15) is 0 Å². The van der Waals surface area contributed by atoms with E-state index in [9.17, 15) is 0 Å². The molecule has 2 aromatic carbocycles. The Hall–Kier alpha value is -2.36. The highest BCUT2D eigenvalue weighted by atomic mass is 16.5. The van der Waals surface area contributed by atoms with E-state index >= 15 is 0 Å². The standard InChI is InChI=1S/C14H12N2O2/c1-17-11-7-3-5-9-13(11)16-14-10(15-9)6-4-8-12(14)18-2/h3-8H,1-2H3. The van der Waals surface area contributed by atoms with Gasteiger partial charge in [0.25, 0.3) is 0 Å². The van der Waals surface area contributed by atoms with Crippen LogP contribution in [0.1, 0.15) is 0 Å². The summed E-state index contributed by atoms with van der Waals surface area (Å²) in [7, 11) is 3.26. The number of para-hydroxylation sites is 2. The smallest absolute Gasteiger partial charge is 0.146 e. The Morgan fingerprint density at radius 3 is 1.67 bits per heavy atom. The van der Waals surface area contributed by atoms with Gasteiger partial charge in [0.05, 0.1) is 25.3 Å². The highest BCUT2D eigenvalue weighted by Crippen LogP contribution is 2.28. The number of ether oxygens (including phenoxy) is 2. The Labute approximate surface area is 104 Å². The lowest BCUT2D eigenvalue weighted by Crippen LogP contribution is -1.93. The van der Waals surface area contributed by atoms with Crippen molar-refractivity contribution in [1.29, 1.82) is 0 Å². The molecule has 0 unspecified atom stereocenters. The van der Waals surface area contributed by atoms with Crippen LogP contribution < -0.4 is 9.47 Å². The third kappa shape index (κ3) is 1.54. The summed E-state index contributed by atoms with van der Waals surface area (Å²) in [6.07, 6.45) is 0. The minimum Gasteiger partial charge on any atom is -0.494 e. The molecule has 18 heavy (non-hydrogen) atoms. The molecule has 4 nitrogen and oxygen atoms in total. The summed E-state index contributed by atoms with van der Waals surface area (Å²) in [4.78, 5) is 9.18. The molecule has 1 aromatic heterocycles. The van der Waals surface area contributed by atoms with Crippen molar-refractivity contribution in [1.82, 2.24) is 9.97 Å². The van der Waals surface area contributed by atoms with Crippen molar-refractivity contribution < 1.29 is 9.47 Å². The Morgan fingerprint density at radius 2 is 1.22 bits per heavy atom. The third-order valence-electron chi connectivity index (χ3n) is 2.86. The molecule has 0 saturated heterocycles. The van der Waals surface area contributed by atoms with Gasteiger partial charge in [0.15, 0.2) is 0 Å². The van der Waals surface area contributed by atoms with Gasteiger partial charge in [0.1, 0.15) is 22.5 Å². The van der Waals surface area contributed by atoms with Crippen molar-refractivity contribution in [2.45, 2.75) is 0 Å². The number of nitrogens with zero attached hydrogens (tertiary/aromatic N) is 2. The Kier molecular flexibility index (Phi) is 2.48. The predicted molar refractivity (Wildman–Crippen MR) is 70.1 cm³/mol. The zero-order valence-corrected chi connectivity index (χ0v) is 10.2. The van der Waals surface area contributed by atoms with Crippen LogP contribution in [0, 0.1) is 0 Å². The molecule has 0 aliphatic heterocycles. The molecule has 4 heteroatoms. The largest absolute Gasteiger partial charge is 0.494 e. The van der Waals surface area contributed by atoms with Crippen molar-refractivity contribution in [2.24, 2.45) is 0 Å². The molecule has 0 aliphatic rings. The second-order valence-corrected chi connectivity index (χ2v) is 3.88. The van der Waals surface area contributed by atoms with Crippen LogP contribution in [0.5, 0.6) is 11.5 Å². The van der Waals surface area contributed by atoms with Gasteiger partial charge in [-0.05, 0) is 24.3 Å². The van der Waals surface area contributed by atoms with Gasteiger partial charge in [-0.1, -0.05) is 12.1 Å². The first-order valence-corrected chi connectivity index (χ1v) is 5.61. The van der Waals surface area contributed by atoms with E-state index in [1.54, 1.807) is 14.2 Å². The molecule has 0 aliphatic carbocycles. The molecule has 0 spiro atoms. The van der Waals surface area contributed by atoms with Gasteiger partial charge in [-0.25, -0.2) is 9.97 Å². The van der Waals surface area contributed by atoms with Gasteiger partial charge >= 0.3 is 0 Å². The predicted octanol–water partition coefficient (Wildman–Crippen LogP) is 2.80. The maximum atomic E-state index is 5.31. The summed E-state index contributed by atoms with van der Waals surface area (Å²) >= 11 is 0. The highest BCUT2D eigenvalue weighted by molar-refractivity contribution is 5.92. The van der Waals surface area contributed by atoms with Crippen LogP contribution in [0.3, 0.4) is 0 Å². The lowest BCUT2D eigenvalue weighted by atomic mass is 10.2. The first-order chi connectivity index (χ1) is 8.83. The highest BCUT2D eigenvalue weighted by Gasteiger charge is 2.09. The second-order valence-electron chi connectivity index (χ2n) is 3.88. The van der Waals surface area contributed by atoms with Crippen molar-refractivity contribution in [3.63, 3.8) is 0 Å². The summed E-state index contributed by atoms with van der Waals surface area (Å²) in [6.45, 7) is 0. The number of benzene rings is 2. The van der Waals surface area contributed by atoms with Crippen molar-refractivity contribution >= 4 is 22.1 Å². The van der Waals surface area contributed by atoms with Crippen LogP contribution >= 0.6 is 0 Å². The summed E-state index contributed by atoms with van der Waals surface area (Å²) in [6, 6.07) is 11.4. The minimum atomic E-state index is 0.716. The van der Waals surface area contributed by atoms with E-state index in [2.05, 4.69) is 9.97 Å². The van der Waals surface area contributed by atoms with E-state index in [4.69, 9.17) is 9.47 Å². The molecule has 0 saturated carbocycles. The molecule has 0 radical (unpaired) electrons. The maximum absolute atomic E-state index is 5.31. The topological polar surface area (TPSA) is 44.2 Å². The third-order valence-corrected chi connectivity index (χ3v) is 2.86. The number of rotatable bonds is 2. The van der Waals surface area contributed by atoms with Crippen LogP contribution in [0.2, 0.25) is 0 Å². The fourth-order valence-corrected chi connectivity index (χ4v) is 2.00.